The lowest BCUT2D eigenvalue weighted by atomic mass is 9.89. The Hall–Kier alpha value is -0.570. The van der Waals surface area contributed by atoms with Crippen LogP contribution in [0.4, 0.5) is 0 Å². The molecular weight excluding hydrogens is 142 g/mol. The third-order valence-corrected chi connectivity index (χ3v) is 2.41. The Morgan fingerprint density at radius 1 is 1.55 bits per heavy atom. The third kappa shape index (κ3) is 1.71. The van der Waals surface area contributed by atoms with E-state index in [2.05, 4.69) is 0 Å². The zero-order valence-electron chi connectivity index (χ0n) is 6.93. The van der Waals surface area contributed by atoms with Crippen molar-refractivity contribution in [3.05, 3.63) is 0 Å². The summed E-state index contributed by atoms with van der Waals surface area (Å²) in [6, 6.07) is 0. The second-order valence-corrected chi connectivity index (χ2v) is 3.37. The fourth-order valence-electron chi connectivity index (χ4n) is 1.61. The summed E-state index contributed by atoms with van der Waals surface area (Å²) in [4.78, 5) is 11.3. The van der Waals surface area contributed by atoms with E-state index >= 15 is 0 Å². The summed E-state index contributed by atoms with van der Waals surface area (Å²) in [6.45, 7) is 1.96. The first-order valence-corrected chi connectivity index (χ1v) is 4.06. The van der Waals surface area contributed by atoms with Crippen LogP contribution in [0, 0.1) is 5.41 Å². The number of carbonyl (C=O) groups excluding carboxylic acids is 1. The predicted molar refractivity (Wildman–Crippen MR) is 41.7 cm³/mol. The lowest BCUT2D eigenvalue weighted by Gasteiger charge is -2.19. The van der Waals surface area contributed by atoms with Crippen molar-refractivity contribution in [2.45, 2.75) is 32.6 Å². The first-order chi connectivity index (χ1) is 5.19. The van der Waals surface area contributed by atoms with Crippen LogP contribution in [0.5, 0.6) is 0 Å². The van der Waals surface area contributed by atoms with E-state index in [1.807, 2.05) is 6.92 Å². The molecule has 3 heteroatoms. The first-order valence-electron chi connectivity index (χ1n) is 4.06. The summed E-state index contributed by atoms with van der Waals surface area (Å²) in [7, 11) is 0. The Kier molecular flexibility index (Phi) is 2.49. The van der Waals surface area contributed by atoms with Gasteiger partial charge in [-0.3, -0.25) is 10.5 Å². The molecule has 0 atom stereocenters. The van der Waals surface area contributed by atoms with Crippen molar-refractivity contribution in [1.29, 1.82) is 0 Å². The summed E-state index contributed by atoms with van der Waals surface area (Å²) < 4.78 is 4.77. The van der Waals surface area contributed by atoms with Crippen molar-refractivity contribution in [3.8, 4) is 0 Å². The maximum Gasteiger partial charge on any atom is 0.313 e. The molecule has 0 aromatic heterocycles. The Labute approximate surface area is 66.9 Å². The van der Waals surface area contributed by atoms with Gasteiger partial charge < -0.3 is 4.74 Å². The van der Waals surface area contributed by atoms with E-state index in [4.69, 9.17) is 10.5 Å². The van der Waals surface area contributed by atoms with Gasteiger partial charge >= 0.3 is 5.97 Å². The minimum absolute atomic E-state index is 0.00836. The van der Waals surface area contributed by atoms with Crippen molar-refractivity contribution in [1.82, 2.24) is 0 Å². The van der Waals surface area contributed by atoms with E-state index < -0.39 is 0 Å². The normalized spacial score (nSPS) is 21.6. The first kappa shape index (κ1) is 8.53. The van der Waals surface area contributed by atoms with E-state index in [-0.39, 0.29) is 18.1 Å². The zero-order chi connectivity index (χ0) is 8.32. The van der Waals surface area contributed by atoms with Crippen LogP contribution in [0.3, 0.4) is 0 Å². The Balaban J connectivity index is 2.49. The lowest BCUT2D eigenvalue weighted by molar-refractivity contribution is -0.154. The minimum atomic E-state index is -0.237. The molecule has 2 N–H and O–H groups in total. The van der Waals surface area contributed by atoms with Crippen molar-refractivity contribution in [2.24, 2.45) is 11.1 Å². The molecular formula is C8H15NO2. The predicted octanol–water partition coefficient (Wildman–Crippen LogP) is 1.03. The Morgan fingerprint density at radius 2 is 2.09 bits per heavy atom. The fourth-order valence-corrected chi connectivity index (χ4v) is 1.61. The molecule has 11 heavy (non-hydrogen) atoms. The molecule has 3 nitrogen and oxygen atoms in total. The monoisotopic (exact) mass is 157 g/mol. The van der Waals surface area contributed by atoms with E-state index in [1.54, 1.807) is 0 Å². The standard InChI is InChI=1S/C8H15NO2/c1-8(4-2-3-5-8)7(10)11-6-9/h2-6,9H2,1H3. The van der Waals surface area contributed by atoms with Gasteiger partial charge in [0.15, 0.2) is 0 Å². The van der Waals surface area contributed by atoms with Gasteiger partial charge in [0.25, 0.3) is 0 Å². The van der Waals surface area contributed by atoms with Gasteiger partial charge in [-0.05, 0) is 19.8 Å². The van der Waals surface area contributed by atoms with Gasteiger partial charge in [0.2, 0.25) is 0 Å². The highest BCUT2D eigenvalue weighted by molar-refractivity contribution is 5.76. The highest BCUT2D eigenvalue weighted by Crippen LogP contribution is 2.38. The van der Waals surface area contributed by atoms with Crippen LogP contribution >= 0.6 is 0 Å². The number of carbonyl (C=O) groups is 1. The van der Waals surface area contributed by atoms with Gasteiger partial charge in [0, 0.05) is 0 Å². The summed E-state index contributed by atoms with van der Waals surface area (Å²) >= 11 is 0. The SMILES string of the molecule is CC1(C(=O)OCN)CCCC1. The van der Waals surface area contributed by atoms with Gasteiger partial charge in [-0.2, -0.15) is 0 Å². The van der Waals surface area contributed by atoms with Gasteiger partial charge in [-0.15, -0.1) is 0 Å². The van der Waals surface area contributed by atoms with Crippen LogP contribution in [0.25, 0.3) is 0 Å². The molecule has 0 aromatic rings. The van der Waals surface area contributed by atoms with Crippen LogP contribution in [0.1, 0.15) is 32.6 Å². The van der Waals surface area contributed by atoms with E-state index in [0.29, 0.717) is 0 Å². The second-order valence-electron chi connectivity index (χ2n) is 3.37. The maximum absolute atomic E-state index is 11.3. The molecule has 0 spiro atoms. The number of ether oxygens (including phenoxy) is 1. The van der Waals surface area contributed by atoms with E-state index in [0.717, 1.165) is 25.7 Å². The number of rotatable bonds is 2. The second kappa shape index (κ2) is 3.22. The Morgan fingerprint density at radius 3 is 2.55 bits per heavy atom. The quantitative estimate of drug-likeness (QED) is 0.481. The maximum atomic E-state index is 11.3. The molecule has 1 rings (SSSR count). The number of hydrogen-bond acceptors (Lipinski definition) is 3. The molecule has 0 unspecified atom stereocenters. The fraction of sp³-hybridized carbons (Fsp3) is 0.875. The summed E-state index contributed by atoms with van der Waals surface area (Å²) in [5.74, 6) is -0.127. The van der Waals surface area contributed by atoms with Crippen molar-refractivity contribution < 1.29 is 9.53 Å². The molecule has 0 amide bonds. The van der Waals surface area contributed by atoms with E-state index in [9.17, 15) is 4.79 Å². The Bertz CT molecular complexity index is 150. The molecule has 0 aliphatic heterocycles. The molecule has 0 heterocycles. The van der Waals surface area contributed by atoms with Crippen molar-refractivity contribution >= 4 is 5.97 Å². The molecule has 0 saturated heterocycles. The number of esters is 1. The van der Waals surface area contributed by atoms with Crippen LogP contribution < -0.4 is 5.73 Å². The average molecular weight is 157 g/mol. The molecule has 64 valence electrons. The number of hydrogen-bond donors (Lipinski definition) is 1. The van der Waals surface area contributed by atoms with Gasteiger partial charge in [-0.1, -0.05) is 12.8 Å². The largest absolute Gasteiger partial charge is 0.450 e. The topological polar surface area (TPSA) is 52.3 Å². The number of nitrogens with two attached hydrogens (primary N) is 1. The zero-order valence-corrected chi connectivity index (χ0v) is 6.93. The smallest absolute Gasteiger partial charge is 0.313 e. The third-order valence-electron chi connectivity index (χ3n) is 2.41. The van der Waals surface area contributed by atoms with Crippen molar-refractivity contribution in [3.63, 3.8) is 0 Å². The molecule has 0 aromatic carbocycles. The molecule has 1 aliphatic rings. The lowest BCUT2D eigenvalue weighted by Crippen LogP contribution is -2.28. The highest BCUT2D eigenvalue weighted by Gasteiger charge is 2.37. The van der Waals surface area contributed by atoms with Crippen LogP contribution in [-0.4, -0.2) is 12.7 Å². The highest BCUT2D eigenvalue weighted by atomic mass is 16.5. The van der Waals surface area contributed by atoms with Crippen molar-refractivity contribution in [2.75, 3.05) is 6.73 Å². The van der Waals surface area contributed by atoms with Crippen LogP contribution in [-0.2, 0) is 9.53 Å². The summed E-state index contributed by atoms with van der Waals surface area (Å²) in [5, 5.41) is 0. The van der Waals surface area contributed by atoms with E-state index in [1.165, 1.54) is 0 Å². The van der Waals surface area contributed by atoms with Crippen LogP contribution in [0.2, 0.25) is 0 Å². The summed E-state index contributed by atoms with van der Waals surface area (Å²) in [6.07, 6.45) is 4.17. The van der Waals surface area contributed by atoms with Gasteiger partial charge in [0.1, 0.15) is 6.73 Å². The minimum Gasteiger partial charge on any atom is -0.450 e. The summed E-state index contributed by atoms with van der Waals surface area (Å²) in [5.41, 5.74) is 4.88. The van der Waals surface area contributed by atoms with Gasteiger partial charge in [-0.25, -0.2) is 0 Å². The average Bonchev–Trinajstić information content (AvgIpc) is 2.38. The molecule has 0 bridgehead atoms. The van der Waals surface area contributed by atoms with Gasteiger partial charge in [0.05, 0.1) is 5.41 Å². The molecule has 1 aliphatic carbocycles. The molecule has 1 fully saturated rings. The molecule has 1 saturated carbocycles. The molecule has 0 radical (unpaired) electrons. The van der Waals surface area contributed by atoms with Crippen LogP contribution in [0.15, 0.2) is 0 Å².